The Morgan fingerprint density at radius 2 is 2.23 bits per heavy atom. The summed E-state index contributed by atoms with van der Waals surface area (Å²) < 4.78 is 4.75. The lowest BCUT2D eigenvalue weighted by atomic mass is 10.2. The predicted molar refractivity (Wildman–Crippen MR) is 49.0 cm³/mol. The van der Waals surface area contributed by atoms with Gasteiger partial charge < -0.3 is 16.2 Å². The van der Waals surface area contributed by atoms with Crippen molar-refractivity contribution < 1.29 is 9.53 Å². The molecule has 0 saturated heterocycles. The largest absolute Gasteiger partial charge is 0.462 e. The fourth-order valence-corrected chi connectivity index (χ4v) is 0.872. The molecule has 0 amide bonds. The minimum absolute atomic E-state index is 0.0958. The zero-order valence-corrected chi connectivity index (χ0v) is 7.28. The normalized spacial score (nSPS) is 9.62. The zero-order valence-electron chi connectivity index (χ0n) is 7.28. The van der Waals surface area contributed by atoms with Crippen LogP contribution in [0.2, 0.25) is 0 Å². The van der Waals surface area contributed by atoms with Crippen molar-refractivity contribution >= 4 is 17.6 Å². The number of nitrogens with two attached hydrogens (primary N) is 2. The number of carbonyl (C=O) groups excluding carboxylic acids is 1. The van der Waals surface area contributed by atoms with Crippen molar-refractivity contribution in [1.82, 2.24) is 4.98 Å². The number of hydrogen-bond donors (Lipinski definition) is 2. The van der Waals surface area contributed by atoms with E-state index in [1.807, 2.05) is 0 Å². The van der Waals surface area contributed by atoms with Gasteiger partial charge in [0.25, 0.3) is 0 Å². The second kappa shape index (κ2) is 3.75. The summed E-state index contributed by atoms with van der Waals surface area (Å²) in [7, 11) is 0. The monoisotopic (exact) mass is 181 g/mol. The molecule has 0 saturated carbocycles. The second-order valence-corrected chi connectivity index (χ2v) is 2.39. The lowest BCUT2D eigenvalue weighted by molar-refractivity contribution is 0.0527. The highest BCUT2D eigenvalue weighted by atomic mass is 16.5. The Morgan fingerprint density at radius 1 is 1.54 bits per heavy atom. The number of pyridine rings is 1. The van der Waals surface area contributed by atoms with E-state index in [-0.39, 0.29) is 17.2 Å². The van der Waals surface area contributed by atoms with Crippen molar-refractivity contribution in [2.45, 2.75) is 6.92 Å². The molecule has 0 aliphatic carbocycles. The van der Waals surface area contributed by atoms with E-state index in [4.69, 9.17) is 16.2 Å². The first-order chi connectivity index (χ1) is 6.15. The number of esters is 1. The Kier molecular flexibility index (Phi) is 2.69. The van der Waals surface area contributed by atoms with E-state index >= 15 is 0 Å². The molecule has 1 rings (SSSR count). The molecule has 0 unspecified atom stereocenters. The molecule has 0 atom stereocenters. The van der Waals surface area contributed by atoms with Gasteiger partial charge >= 0.3 is 5.97 Å². The molecule has 5 heteroatoms. The van der Waals surface area contributed by atoms with Crippen LogP contribution < -0.4 is 11.5 Å². The second-order valence-electron chi connectivity index (χ2n) is 2.39. The lowest BCUT2D eigenvalue weighted by Gasteiger charge is -2.04. The van der Waals surface area contributed by atoms with Gasteiger partial charge in [-0.2, -0.15) is 0 Å². The topological polar surface area (TPSA) is 91.2 Å². The fourth-order valence-electron chi connectivity index (χ4n) is 0.872. The maximum atomic E-state index is 11.2. The van der Waals surface area contributed by atoms with Gasteiger partial charge in [0.1, 0.15) is 17.2 Å². The average Bonchev–Trinajstić information content (AvgIpc) is 2.04. The number of rotatable bonds is 2. The number of ether oxygens (including phenoxy) is 1. The van der Waals surface area contributed by atoms with Crippen molar-refractivity contribution in [2.24, 2.45) is 0 Å². The van der Waals surface area contributed by atoms with Gasteiger partial charge in [-0.05, 0) is 19.1 Å². The summed E-state index contributed by atoms with van der Waals surface area (Å²) in [4.78, 5) is 14.9. The molecule has 13 heavy (non-hydrogen) atoms. The van der Waals surface area contributed by atoms with Gasteiger partial charge in [-0.1, -0.05) is 0 Å². The first-order valence-corrected chi connectivity index (χ1v) is 3.84. The first-order valence-electron chi connectivity index (χ1n) is 3.84. The maximum Gasteiger partial charge on any atom is 0.341 e. The summed E-state index contributed by atoms with van der Waals surface area (Å²) in [6, 6.07) is 3.00. The van der Waals surface area contributed by atoms with Crippen molar-refractivity contribution in [1.29, 1.82) is 0 Å². The molecule has 0 radical (unpaired) electrons. The van der Waals surface area contributed by atoms with Crippen LogP contribution in [0.25, 0.3) is 0 Å². The van der Waals surface area contributed by atoms with Crippen molar-refractivity contribution in [3.05, 3.63) is 17.7 Å². The molecule has 0 aliphatic rings. The Bertz CT molecular complexity index is 325. The number of nitrogen functional groups attached to an aromatic ring is 2. The molecule has 0 bridgehead atoms. The van der Waals surface area contributed by atoms with Gasteiger partial charge in [-0.25, -0.2) is 9.78 Å². The number of nitrogens with zero attached hydrogens (tertiary/aromatic N) is 1. The van der Waals surface area contributed by atoms with E-state index < -0.39 is 5.97 Å². The van der Waals surface area contributed by atoms with Crippen LogP contribution in [0.4, 0.5) is 11.6 Å². The van der Waals surface area contributed by atoms with Gasteiger partial charge in [0, 0.05) is 0 Å². The molecule has 0 aromatic carbocycles. The molecule has 0 fully saturated rings. The molecular weight excluding hydrogens is 170 g/mol. The van der Waals surface area contributed by atoms with E-state index in [9.17, 15) is 4.79 Å². The molecule has 0 aliphatic heterocycles. The van der Waals surface area contributed by atoms with Gasteiger partial charge in [0.05, 0.1) is 6.61 Å². The Hall–Kier alpha value is -1.78. The maximum absolute atomic E-state index is 11.2. The van der Waals surface area contributed by atoms with Crippen LogP contribution in [-0.4, -0.2) is 17.6 Å². The highest BCUT2D eigenvalue weighted by Crippen LogP contribution is 2.11. The third-order valence-corrected chi connectivity index (χ3v) is 1.44. The predicted octanol–water partition coefficient (Wildman–Crippen LogP) is 0.423. The van der Waals surface area contributed by atoms with E-state index in [0.29, 0.717) is 6.61 Å². The third-order valence-electron chi connectivity index (χ3n) is 1.44. The van der Waals surface area contributed by atoms with E-state index in [2.05, 4.69) is 4.98 Å². The summed E-state index contributed by atoms with van der Waals surface area (Å²) in [6.07, 6.45) is 0. The molecular formula is C8H11N3O2. The van der Waals surface area contributed by atoms with Gasteiger partial charge in [0.15, 0.2) is 0 Å². The quantitative estimate of drug-likeness (QED) is 0.645. The highest BCUT2D eigenvalue weighted by molar-refractivity contribution is 5.94. The minimum atomic E-state index is -0.479. The summed E-state index contributed by atoms with van der Waals surface area (Å²) >= 11 is 0. The molecule has 4 N–H and O–H groups in total. The van der Waals surface area contributed by atoms with Crippen LogP contribution in [0.15, 0.2) is 12.1 Å². The Morgan fingerprint density at radius 3 is 2.77 bits per heavy atom. The first kappa shape index (κ1) is 9.31. The lowest BCUT2D eigenvalue weighted by Crippen LogP contribution is -2.10. The van der Waals surface area contributed by atoms with Crippen LogP contribution in [0, 0.1) is 0 Å². The summed E-state index contributed by atoms with van der Waals surface area (Å²) in [5.74, 6) is -0.100. The summed E-state index contributed by atoms with van der Waals surface area (Å²) in [5, 5.41) is 0. The standard InChI is InChI=1S/C8H11N3O2/c1-2-13-8(12)5-3-4-6(9)11-7(5)10/h3-4H,2H2,1H3,(H4,9,10,11). The molecule has 70 valence electrons. The molecule has 5 nitrogen and oxygen atoms in total. The van der Waals surface area contributed by atoms with Crippen molar-refractivity contribution in [3.8, 4) is 0 Å². The smallest absolute Gasteiger partial charge is 0.341 e. The van der Waals surface area contributed by atoms with E-state index in [0.717, 1.165) is 0 Å². The molecule has 1 aromatic rings. The van der Waals surface area contributed by atoms with Crippen LogP contribution in [0.5, 0.6) is 0 Å². The summed E-state index contributed by atoms with van der Waals surface area (Å²) in [5.41, 5.74) is 11.1. The van der Waals surface area contributed by atoms with Crippen molar-refractivity contribution in [2.75, 3.05) is 18.1 Å². The Balaban J connectivity index is 2.95. The van der Waals surface area contributed by atoms with Crippen LogP contribution in [-0.2, 0) is 4.74 Å². The SMILES string of the molecule is CCOC(=O)c1ccc(N)nc1N. The number of anilines is 2. The molecule has 1 aromatic heterocycles. The Labute approximate surface area is 75.7 Å². The molecule has 1 heterocycles. The summed E-state index contributed by atoms with van der Waals surface area (Å²) in [6.45, 7) is 2.03. The van der Waals surface area contributed by atoms with E-state index in [1.54, 1.807) is 6.92 Å². The van der Waals surface area contributed by atoms with Crippen LogP contribution >= 0.6 is 0 Å². The minimum Gasteiger partial charge on any atom is -0.462 e. The van der Waals surface area contributed by atoms with E-state index in [1.165, 1.54) is 12.1 Å². The van der Waals surface area contributed by atoms with Gasteiger partial charge in [-0.15, -0.1) is 0 Å². The van der Waals surface area contributed by atoms with Gasteiger partial charge in [0.2, 0.25) is 0 Å². The number of carbonyl (C=O) groups is 1. The fraction of sp³-hybridized carbons (Fsp3) is 0.250. The highest BCUT2D eigenvalue weighted by Gasteiger charge is 2.11. The van der Waals surface area contributed by atoms with Gasteiger partial charge in [-0.3, -0.25) is 0 Å². The third kappa shape index (κ3) is 2.08. The molecule has 0 spiro atoms. The van der Waals surface area contributed by atoms with Crippen LogP contribution in [0.1, 0.15) is 17.3 Å². The number of aromatic nitrogens is 1. The average molecular weight is 181 g/mol. The van der Waals surface area contributed by atoms with Crippen LogP contribution in [0.3, 0.4) is 0 Å². The zero-order chi connectivity index (χ0) is 9.84. The van der Waals surface area contributed by atoms with Crippen molar-refractivity contribution in [3.63, 3.8) is 0 Å². The number of hydrogen-bond acceptors (Lipinski definition) is 5.